The van der Waals surface area contributed by atoms with Gasteiger partial charge in [-0.2, -0.15) is 0 Å². The van der Waals surface area contributed by atoms with E-state index in [0.717, 1.165) is 13.6 Å². The van der Waals surface area contributed by atoms with Gasteiger partial charge in [0, 0.05) is 24.9 Å². The van der Waals surface area contributed by atoms with Crippen LogP contribution >= 0.6 is 38.5 Å². The molecule has 0 aliphatic carbocycles. The third-order valence-corrected chi connectivity index (χ3v) is 5.04. The molecule has 4 nitrogen and oxygen atoms in total. The van der Waals surface area contributed by atoms with Crippen molar-refractivity contribution < 1.29 is 9.21 Å². The predicted molar refractivity (Wildman–Crippen MR) is 114 cm³/mol. The summed E-state index contributed by atoms with van der Waals surface area (Å²) in [5.41, 5.74) is 3.54. The topological polar surface area (TPSA) is 55.1 Å². The number of hydrogen-bond donors (Lipinski definition) is 1. The first-order chi connectivity index (χ1) is 12.6. The number of rotatable bonds is 3. The third-order valence-electron chi connectivity index (χ3n) is 3.82. The molecule has 0 saturated carbocycles. The molecule has 3 aromatic carbocycles. The van der Waals surface area contributed by atoms with E-state index in [1.165, 1.54) is 0 Å². The smallest absolute Gasteiger partial charge is 0.255 e. The van der Waals surface area contributed by atoms with Crippen molar-refractivity contribution in [3.63, 3.8) is 0 Å². The molecule has 0 fully saturated rings. The van der Waals surface area contributed by atoms with E-state index >= 15 is 0 Å². The van der Waals surface area contributed by atoms with Gasteiger partial charge in [0.25, 0.3) is 5.91 Å². The van der Waals surface area contributed by atoms with Crippen molar-refractivity contribution in [2.45, 2.75) is 0 Å². The van der Waals surface area contributed by atoms with Gasteiger partial charge in [0.2, 0.25) is 5.89 Å². The summed E-state index contributed by atoms with van der Waals surface area (Å²) in [4.78, 5) is 16.9. The molecule has 26 heavy (non-hydrogen) atoms. The van der Waals surface area contributed by atoms with E-state index in [0.29, 0.717) is 28.2 Å². The minimum atomic E-state index is -0.156. The van der Waals surface area contributed by atoms with Crippen molar-refractivity contribution in [1.29, 1.82) is 0 Å². The summed E-state index contributed by atoms with van der Waals surface area (Å²) < 4.78 is 7.87. The zero-order valence-corrected chi connectivity index (χ0v) is 17.1. The Labute approximate surface area is 171 Å². The molecule has 0 aliphatic heterocycles. The molecule has 0 bridgehead atoms. The van der Waals surface area contributed by atoms with Crippen molar-refractivity contribution in [2.24, 2.45) is 0 Å². The molecule has 0 spiro atoms. The zero-order chi connectivity index (χ0) is 18.1. The van der Waals surface area contributed by atoms with Crippen LogP contribution < -0.4 is 5.32 Å². The first kappa shape index (κ1) is 17.2. The van der Waals surface area contributed by atoms with Crippen LogP contribution in [0.5, 0.6) is 0 Å². The summed E-state index contributed by atoms with van der Waals surface area (Å²) >= 11 is 5.66. The molecule has 0 saturated heterocycles. The summed E-state index contributed by atoms with van der Waals surface area (Å²) in [6.45, 7) is 0. The van der Waals surface area contributed by atoms with Crippen LogP contribution in [0.3, 0.4) is 0 Å². The molecule has 4 aromatic rings. The highest BCUT2D eigenvalue weighted by Gasteiger charge is 2.11. The lowest BCUT2D eigenvalue weighted by Crippen LogP contribution is -2.11. The highest BCUT2D eigenvalue weighted by molar-refractivity contribution is 14.1. The molecule has 1 heterocycles. The number of nitrogens with zero attached hydrogens (tertiary/aromatic N) is 1. The lowest BCUT2D eigenvalue weighted by Gasteiger charge is -2.05. The Hall–Kier alpha value is -2.19. The van der Waals surface area contributed by atoms with Crippen LogP contribution in [-0.4, -0.2) is 10.9 Å². The summed E-state index contributed by atoms with van der Waals surface area (Å²) in [6.07, 6.45) is 0. The molecule has 0 aliphatic rings. The summed E-state index contributed by atoms with van der Waals surface area (Å²) in [5, 5.41) is 2.90. The molecule has 1 N–H and O–H groups in total. The van der Waals surface area contributed by atoms with Gasteiger partial charge in [0.1, 0.15) is 5.52 Å². The Morgan fingerprint density at radius 2 is 1.85 bits per heavy atom. The molecule has 6 heteroatoms. The third kappa shape index (κ3) is 3.66. The number of nitrogens with one attached hydrogen (secondary N) is 1. The molecule has 0 radical (unpaired) electrons. The number of amides is 1. The number of fused-ring (bicyclic) bond motifs is 1. The van der Waals surface area contributed by atoms with E-state index in [-0.39, 0.29) is 5.91 Å². The minimum absolute atomic E-state index is 0.156. The highest BCUT2D eigenvalue weighted by atomic mass is 127. The van der Waals surface area contributed by atoms with Crippen LogP contribution in [0.1, 0.15) is 10.4 Å². The molecule has 1 amide bonds. The largest absolute Gasteiger partial charge is 0.436 e. The number of carbonyl (C=O) groups excluding carboxylic acids is 1. The predicted octanol–water partition coefficient (Wildman–Crippen LogP) is 6.11. The van der Waals surface area contributed by atoms with Crippen molar-refractivity contribution in [3.05, 3.63) is 80.3 Å². The van der Waals surface area contributed by atoms with Crippen molar-refractivity contribution in [3.8, 4) is 11.5 Å². The van der Waals surface area contributed by atoms with E-state index in [2.05, 4.69) is 48.8 Å². The molecule has 0 atom stereocenters. The fourth-order valence-corrected chi connectivity index (χ4v) is 3.31. The average molecular weight is 519 g/mol. The molecule has 4 rings (SSSR count). The number of oxazole rings is 1. The van der Waals surface area contributed by atoms with Crippen molar-refractivity contribution in [1.82, 2.24) is 4.98 Å². The van der Waals surface area contributed by atoms with Gasteiger partial charge < -0.3 is 9.73 Å². The SMILES string of the molecule is O=C(Nc1ccc2oc(-c3cccc(Br)c3)nc2c1)c1ccc(I)cc1. The van der Waals surface area contributed by atoms with E-state index < -0.39 is 0 Å². The summed E-state index contributed by atoms with van der Waals surface area (Å²) in [6, 6.07) is 20.6. The van der Waals surface area contributed by atoms with Crippen LogP contribution in [-0.2, 0) is 0 Å². The normalized spacial score (nSPS) is 10.8. The van der Waals surface area contributed by atoms with Gasteiger partial charge in [-0.05, 0) is 83.3 Å². The Bertz CT molecular complexity index is 1110. The number of halogens is 2. The Morgan fingerprint density at radius 3 is 2.62 bits per heavy atom. The molecule has 1 aromatic heterocycles. The summed E-state index contributed by atoms with van der Waals surface area (Å²) in [7, 11) is 0. The van der Waals surface area contributed by atoms with Gasteiger partial charge >= 0.3 is 0 Å². The van der Waals surface area contributed by atoms with Gasteiger partial charge in [-0.25, -0.2) is 4.98 Å². The first-order valence-corrected chi connectivity index (χ1v) is 9.69. The van der Waals surface area contributed by atoms with Crippen molar-refractivity contribution in [2.75, 3.05) is 5.32 Å². The molecule has 128 valence electrons. The maximum Gasteiger partial charge on any atom is 0.255 e. The van der Waals surface area contributed by atoms with E-state index in [1.807, 2.05) is 54.6 Å². The van der Waals surface area contributed by atoms with Crippen LogP contribution in [0, 0.1) is 3.57 Å². The van der Waals surface area contributed by atoms with E-state index in [9.17, 15) is 4.79 Å². The second-order valence-electron chi connectivity index (χ2n) is 5.67. The summed E-state index contributed by atoms with van der Waals surface area (Å²) in [5.74, 6) is 0.388. The monoisotopic (exact) mass is 518 g/mol. The van der Waals surface area contributed by atoms with Gasteiger partial charge in [0.05, 0.1) is 0 Å². The number of carbonyl (C=O) groups is 1. The fourth-order valence-electron chi connectivity index (χ4n) is 2.55. The fraction of sp³-hybridized carbons (Fsp3) is 0. The quantitative estimate of drug-likeness (QED) is 0.333. The second-order valence-corrected chi connectivity index (χ2v) is 7.83. The highest BCUT2D eigenvalue weighted by Crippen LogP contribution is 2.28. The molecular formula is C20H12BrIN2O2. The minimum Gasteiger partial charge on any atom is -0.436 e. The standard InChI is InChI=1S/C20H12BrIN2O2/c21-14-3-1-2-13(10-14)20-24-17-11-16(8-9-18(17)26-20)23-19(25)12-4-6-15(22)7-5-12/h1-11H,(H,23,25). The molecular weight excluding hydrogens is 507 g/mol. The molecule has 0 unspecified atom stereocenters. The maximum absolute atomic E-state index is 12.4. The van der Waals surface area contributed by atoms with E-state index in [4.69, 9.17) is 4.42 Å². The van der Waals surface area contributed by atoms with Crippen molar-refractivity contribution >= 4 is 61.2 Å². The lowest BCUT2D eigenvalue weighted by molar-refractivity contribution is 0.102. The number of aromatic nitrogens is 1. The van der Waals surface area contributed by atoms with Crippen LogP contribution in [0.2, 0.25) is 0 Å². The van der Waals surface area contributed by atoms with Gasteiger partial charge in [0.15, 0.2) is 5.58 Å². The van der Waals surface area contributed by atoms with Gasteiger partial charge in [-0.3, -0.25) is 4.79 Å². The first-order valence-electron chi connectivity index (χ1n) is 7.82. The number of hydrogen-bond acceptors (Lipinski definition) is 3. The van der Waals surface area contributed by atoms with Crippen LogP contribution in [0.15, 0.2) is 75.6 Å². The Balaban J connectivity index is 1.61. The van der Waals surface area contributed by atoms with Gasteiger partial charge in [-0.15, -0.1) is 0 Å². The Morgan fingerprint density at radius 1 is 1.04 bits per heavy atom. The maximum atomic E-state index is 12.4. The lowest BCUT2D eigenvalue weighted by atomic mass is 10.2. The van der Waals surface area contributed by atoms with Crippen LogP contribution in [0.4, 0.5) is 5.69 Å². The Kier molecular flexibility index (Phi) is 4.78. The van der Waals surface area contributed by atoms with Crippen LogP contribution in [0.25, 0.3) is 22.6 Å². The number of benzene rings is 3. The second kappa shape index (κ2) is 7.20. The number of anilines is 1. The average Bonchev–Trinajstić information content (AvgIpc) is 3.05. The van der Waals surface area contributed by atoms with E-state index in [1.54, 1.807) is 12.1 Å². The van der Waals surface area contributed by atoms with Gasteiger partial charge in [-0.1, -0.05) is 22.0 Å². The zero-order valence-electron chi connectivity index (χ0n) is 13.4.